The molecule has 0 bridgehead atoms. The van der Waals surface area contributed by atoms with E-state index in [0.717, 1.165) is 0 Å². The summed E-state index contributed by atoms with van der Waals surface area (Å²) in [5.41, 5.74) is 0.247. The van der Waals surface area contributed by atoms with Gasteiger partial charge in [0.15, 0.2) is 0 Å². The van der Waals surface area contributed by atoms with Gasteiger partial charge in [-0.25, -0.2) is 8.42 Å². The molecule has 0 aliphatic rings. The van der Waals surface area contributed by atoms with Crippen LogP contribution in [0.5, 0.6) is 11.5 Å². The lowest BCUT2D eigenvalue weighted by molar-refractivity contribution is -0.137. The molecule has 0 unspecified atom stereocenters. The SMILES string of the molecule is COc1ccc(OC)c(CN(CC(F)(F)F)S(=O)(=O)c2ccccc2Br)c1. The summed E-state index contributed by atoms with van der Waals surface area (Å²) < 4.78 is 75.9. The van der Waals surface area contributed by atoms with E-state index in [1.807, 2.05) is 0 Å². The van der Waals surface area contributed by atoms with Crippen molar-refractivity contribution < 1.29 is 31.1 Å². The van der Waals surface area contributed by atoms with Gasteiger partial charge >= 0.3 is 6.18 Å². The van der Waals surface area contributed by atoms with E-state index in [4.69, 9.17) is 9.47 Å². The summed E-state index contributed by atoms with van der Waals surface area (Å²) in [6.07, 6.45) is -4.72. The van der Waals surface area contributed by atoms with Crippen LogP contribution < -0.4 is 9.47 Å². The van der Waals surface area contributed by atoms with Crippen LogP contribution in [0.4, 0.5) is 13.2 Å². The van der Waals surface area contributed by atoms with Gasteiger partial charge in [0.1, 0.15) is 18.0 Å². The van der Waals surface area contributed by atoms with Crippen molar-refractivity contribution in [1.82, 2.24) is 4.31 Å². The van der Waals surface area contributed by atoms with Gasteiger partial charge in [0.25, 0.3) is 0 Å². The summed E-state index contributed by atoms with van der Waals surface area (Å²) in [5.74, 6) is 0.626. The number of ether oxygens (including phenoxy) is 2. The third-order valence-corrected chi connectivity index (χ3v) is 6.45. The lowest BCUT2D eigenvalue weighted by Gasteiger charge is -2.25. The molecule has 2 aromatic rings. The van der Waals surface area contributed by atoms with Crippen molar-refractivity contribution in [2.45, 2.75) is 17.6 Å². The molecule has 10 heteroatoms. The average Bonchev–Trinajstić information content (AvgIpc) is 2.60. The normalized spacial score (nSPS) is 12.3. The zero-order chi connectivity index (χ0) is 20.2. The Morgan fingerprint density at radius 2 is 1.74 bits per heavy atom. The second-order valence-electron chi connectivity index (χ2n) is 5.50. The number of nitrogens with zero attached hydrogens (tertiary/aromatic N) is 1. The Morgan fingerprint density at radius 1 is 1.07 bits per heavy atom. The third-order valence-electron chi connectivity index (χ3n) is 3.64. The van der Waals surface area contributed by atoms with Gasteiger partial charge in [0.05, 0.1) is 19.1 Å². The highest BCUT2D eigenvalue weighted by Crippen LogP contribution is 2.32. The van der Waals surface area contributed by atoms with Crippen molar-refractivity contribution in [2.24, 2.45) is 0 Å². The highest BCUT2D eigenvalue weighted by molar-refractivity contribution is 9.10. The fourth-order valence-electron chi connectivity index (χ4n) is 2.41. The molecule has 5 nitrogen and oxygen atoms in total. The first-order chi connectivity index (χ1) is 12.6. The van der Waals surface area contributed by atoms with Crippen molar-refractivity contribution in [1.29, 1.82) is 0 Å². The predicted octanol–water partition coefficient (Wildman–Crippen LogP) is 4.22. The van der Waals surface area contributed by atoms with Gasteiger partial charge in [-0.2, -0.15) is 17.5 Å². The van der Waals surface area contributed by atoms with E-state index in [2.05, 4.69) is 15.9 Å². The van der Waals surface area contributed by atoms with Crippen LogP contribution in [0.15, 0.2) is 51.8 Å². The second kappa shape index (κ2) is 8.49. The molecular weight excluding hydrogens is 451 g/mol. The average molecular weight is 468 g/mol. The van der Waals surface area contributed by atoms with Gasteiger partial charge in [-0.3, -0.25) is 0 Å². The zero-order valence-electron chi connectivity index (χ0n) is 14.5. The lowest BCUT2D eigenvalue weighted by Crippen LogP contribution is -2.38. The van der Waals surface area contributed by atoms with Crippen molar-refractivity contribution in [2.75, 3.05) is 20.8 Å². The Morgan fingerprint density at radius 3 is 2.30 bits per heavy atom. The van der Waals surface area contributed by atoms with Crippen LogP contribution in [0, 0.1) is 0 Å². The summed E-state index contributed by atoms with van der Waals surface area (Å²) in [4.78, 5) is -0.254. The molecule has 0 aliphatic heterocycles. The van der Waals surface area contributed by atoms with Crippen molar-refractivity contribution >= 4 is 26.0 Å². The van der Waals surface area contributed by atoms with Gasteiger partial charge in [0.2, 0.25) is 10.0 Å². The molecule has 0 N–H and O–H groups in total. The maximum absolute atomic E-state index is 13.1. The third kappa shape index (κ3) is 5.36. The smallest absolute Gasteiger partial charge is 0.402 e. The fourth-order valence-corrected chi connectivity index (χ4v) is 4.78. The number of benzene rings is 2. The molecule has 0 amide bonds. The summed E-state index contributed by atoms with van der Waals surface area (Å²) in [6.45, 7) is -2.18. The van der Waals surface area contributed by atoms with Gasteiger partial charge < -0.3 is 9.47 Å². The Bertz CT molecular complexity index is 903. The molecule has 0 radical (unpaired) electrons. The van der Waals surface area contributed by atoms with Crippen LogP contribution in [-0.2, 0) is 16.6 Å². The maximum atomic E-state index is 13.1. The highest BCUT2D eigenvalue weighted by atomic mass is 79.9. The van der Waals surface area contributed by atoms with Crippen molar-refractivity contribution in [3.05, 3.63) is 52.5 Å². The number of rotatable bonds is 7. The molecule has 2 rings (SSSR count). The second-order valence-corrected chi connectivity index (χ2v) is 8.26. The van der Waals surface area contributed by atoms with Crippen LogP contribution in [0.25, 0.3) is 0 Å². The Hall–Kier alpha value is -1.78. The molecule has 2 aromatic carbocycles. The largest absolute Gasteiger partial charge is 0.497 e. The topological polar surface area (TPSA) is 55.8 Å². The van der Waals surface area contributed by atoms with E-state index >= 15 is 0 Å². The number of hydrogen-bond acceptors (Lipinski definition) is 4. The first-order valence-electron chi connectivity index (χ1n) is 7.61. The number of halogens is 4. The van der Waals surface area contributed by atoms with E-state index in [1.165, 1.54) is 44.6 Å². The zero-order valence-corrected chi connectivity index (χ0v) is 16.9. The van der Waals surface area contributed by atoms with Crippen LogP contribution in [0.2, 0.25) is 0 Å². The molecule has 0 saturated carbocycles. The van der Waals surface area contributed by atoms with E-state index < -0.39 is 29.3 Å². The molecular formula is C17H17BrF3NO4S. The lowest BCUT2D eigenvalue weighted by atomic mass is 10.2. The van der Waals surface area contributed by atoms with Gasteiger partial charge in [0, 0.05) is 16.6 Å². The molecule has 148 valence electrons. The Balaban J connectivity index is 2.52. The minimum atomic E-state index is -4.72. The van der Waals surface area contributed by atoms with E-state index in [-0.39, 0.29) is 20.7 Å². The number of alkyl halides is 3. The molecule has 0 fully saturated rings. The summed E-state index contributed by atoms with van der Waals surface area (Å²) >= 11 is 3.08. The summed E-state index contributed by atoms with van der Waals surface area (Å²) in [5, 5.41) is 0. The van der Waals surface area contributed by atoms with Gasteiger partial charge in [-0.05, 0) is 46.3 Å². The Kier molecular flexibility index (Phi) is 6.77. The van der Waals surface area contributed by atoms with Crippen molar-refractivity contribution in [3.63, 3.8) is 0 Å². The maximum Gasteiger partial charge on any atom is 0.402 e. The Labute approximate surface area is 163 Å². The van der Waals surface area contributed by atoms with Crippen molar-refractivity contribution in [3.8, 4) is 11.5 Å². The highest BCUT2D eigenvalue weighted by Gasteiger charge is 2.38. The van der Waals surface area contributed by atoms with Gasteiger partial charge in [-0.15, -0.1) is 0 Å². The predicted molar refractivity (Wildman–Crippen MR) is 97.3 cm³/mol. The first-order valence-corrected chi connectivity index (χ1v) is 9.84. The summed E-state index contributed by atoms with van der Waals surface area (Å²) in [7, 11) is -1.69. The first kappa shape index (κ1) is 21.5. The number of hydrogen-bond donors (Lipinski definition) is 0. The molecule has 0 aliphatic carbocycles. The van der Waals surface area contributed by atoms with Crippen LogP contribution in [0.3, 0.4) is 0 Å². The number of methoxy groups -OCH3 is 2. The van der Waals surface area contributed by atoms with E-state index in [0.29, 0.717) is 10.1 Å². The molecule has 0 heterocycles. The van der Waals surface area contributed by atoms with E-state index in [9.17, 15) is 21.6 Å². The standard InChI is InChI=1S/C17H17BrF3NO4S/c1-25-13-7-8-15(26-2)12(9-13)10-22(11-17(19,20)21)27(23,24)16-6-4-3-5-14(16)18/h3-9H,10-11H2,1-2H3. The van der Waals surface area contributed by atoms with Crippen LogP contribution >= 0.6 is 15.9 Å². The van der Waals surface area contributed by atoms with Crippen LogP contribution in [0.1, 0.15) is 5.56 Å². The quantitative estimate of drug-likeness (QED) is 0.611. The molecule has 0 spiro atoms. The molecule has 27 heavy (non-hydrogen) atoms. The van der Waals surface area contributed by atoms with Gasteiger partial charge in [-0.1, -0.05) is 12.1 Å². The monoisotopic (exact) mass is 467 g/mol. The summed E-state index contributed by atoms with van der Waals surface area (Å²) in [6, 6.07) is 10.2. The van der Waals surface area contributed by atoms with Crippen LogP contribution in [-0.4, -0.2) is 39.7 Å². The molecule has 0 atom stereocenters. The van der Waals surface area contributed by atoms with E-state index in [1.54, 1.807) is 12.1 Å². The number of sulfonamides is 1. The minimum absolute atomic E-state index is 0.176. The fraction of sp³-hybridized carbons (Fsp3) is 0.294. The molecule has 0 saturated heterocycles. The minimum Gasteiger partial charge on any atom is -0.497 e. The molecule has 0 aromatic heterocycles.